The first-order chi connectivity index (χ1) is 6.25. The van der Waals surface area contributed by atoms with E-state index in [2.05, 4.69) is 15.2 Å². The van der Waals surface area contributed by atoms with Crippen molar-refractivity contribution >= 4 is 34.8 Å². The molecule has 3 nitrogen and oxygen atoms in total. The first-order valence-electron chi connectivity index (χ1n) is 3.56. The lowest BCUT2D eigenvalue weighted by atomic mass is 10.2. The van der Waals surface area contributed by atoms with Crippen LogP contribution in [0.5, 0.6) is 0 Å². The molecule has 1 aromatic carbocycles. The lowest BCUT2D eigenvalue weighted by Crippen LogP contribution is -1.93. The number of nitrogens with zero attached hydrogens (tertiary/aromatic N) is 3. The van der Waals surface area contributed by atoms with Crippen LogP contribution in [0.1, 0.15) is 5.56 Å². The average molecular weight is 210 g/mol. The Hall–Kier alpha value is -1.13. The molecule has 0 aromatic heterocycles. The standard InChI is InChI=1S/C8H4ClN3S/c9-6-3-1-2-5(4-6)7-10-8(13)12-11-7/h1-4H. The number of benzene rings is 1. The summed E-state index contributed by atoms with van der Waals surface area (Å²) in [6.07, 6.45) is 0. The molecule has 0 fully saturated rings. The van der Waals surface area contributed by atoms with E-state index >= 15 is 0 Å². The van der Waals surface area contributed by atoms with E-state index in [0.29, 0.717) is 10.9 Å². The summed E-state index contributed by atoms with van der Waals surface area (Å²) >= 11 is 10.5. The summed E-state index contributed by atoms with van der Waals surface area (Å²) in [7, 11) is 0. The van der Waals surface area contributed by atoms with Gasteiger partial charge in [-0.3, -0.25) is 0 Å². The summed E-state index contributed by atoms with van der Waals surface area (Å²) in [4.78, 5) is 3.96. The summed E-state index contributed by atoms with van der Waals surface area (Å²) in [6.45, 7) is 0. The maximum atomic E-state index is 5.80. The van der Waals surface area contributed by atoms with Gasteiger partial charge in [-0.05, 0) is 24.4 Å². The second kappa shape index (κ2) is 3.32. The molecule has 0 spiro atoms. The molecule has 0 radical (unpaired) electrons. The molecule has 0 aliphatic carbocycles. The topological polar surface area (TPSA) is 37.1 Å². The van der Waals surface area contributed by atoms with E-state index in [9.17, 15) is 0 Å². The van der Waals surface area contributed by atoms with Gasteiger partial charge in [-0.25, -0.2) is 0 Å². The lowest BCUT2D eigenvalue weighted by Gasteiger charge is -1.95. The predicted octanol–water partition coefficient (Wildman–Crippen LogP) is 2.84. The summed E-state index contributed by atoms with van der Waals surface area (Å²) in [5.41, 5.74) is 0.830. The molecule has 1 aliphatic rings. The number of aliphatic imine (C=N–C) groups is 1. The molecular formula is C8H4ClN3S. The number of halogens is 1. The Morgan fingerprint density at radius 1 is 1.23 bits per heavy atom. The molecule has 1 heterocycles. The molecule has 1 aliphatic heterocycles. The minimum absolute atomic E-state index is 0.259. The van der Waals surface area contributed by atoms with Crippen molar-refractivity contribution in [3.05, 3.63) is 34.9 Å². The van der Waals surface area contributed by atoms with E-state index < -0.39 is 0 Å². The second-order valence-electron chi connectivity index (χ2n) is 2.43. The molecule has 0 unspecified atom stereocenters. The first kappa shape index (κ1) is 8.47. The third-order valence-corrected chi connectivity index (χ3v) is 1.92. The minimum Gasteiger partial charge on any atom is -0.195 e. The van der Waals surface area contributed by atoms with Gasteiger partial charge in [0.1, 0.15) is 0 Å². The normalized spacial score (nSPS) is 14.8. The smallest absolute Gasteiger partial charge is 0.195 e. The molecule has 0 saturated carbocycles. The molecule has 0 atom stereocenters. The monoisotopic (exact) mass is 209 g/mol. The highest BCUT2D eigenvalue weighted by Crippen LogP contribution is 2.14. The van der Waals surface area contributed by atoms with Crippen molar-refractivity contribution < 1.29 is 0 Å². The van der Waals surface area contributed by atoms with Crippen LogP contribution in [-0.2, 0) is 0 Å². The van der Waals surface area contributed by atoms with Crippen LogP contribution in [0.15, 0.2) is 39.5 Å². The van der Waals surface area contributed by atoms with E-state index in [1.54, 1.807) is 12.1 Å². The van der Waals surface area contributed by atoms with Gasteiger partial charge >= 0.3 is 0 Å². The zero-order valence-electron chi connectivity index (χ0n) is 6.44. The van der Waals surface area contributed by atoms with Crippen LogP contribution >= 0.6 is 23.8 Å². The average Bonchev–Trinajstić information content (AvgIpc) is 2.52. The maximum Gasteiger partial charge on any atom is 0.242 e. The van der Waals surface area contributed by atoms with Crippen LogP contribution in [-0.4, -0.2) is 10.9 Å². The van der Waals surface area contributed by atoms with Gasteiger partial charge in [0.15, 0.2) is 5.84 Å². The van der Waals surface area contributed by atoms with Crippen LogP contribution in [0.4, 0.5) is 0 Å². The highest BCUT2D eigenvalue weighted by molar-refractivity contribution is 7.80. The van der Waals surface area contributed by atoms with Gasteiger partial charge in [-0.2, -0.15) is 4.99 Å². The molecule has 0 bridgehead atoms. The Labute approximate surface area is 85.2 Å². The number of thiocarbonyl (C=S) groups is 1. The van der Waals surface area contributed by atoms with Crippen molar-refractivity contribution in [3.63, 3.8) is 0 Å². The van der Waals surface area contributed by atoms with Gasteiger partial charge in [0, 0.05) is 10.6 Å². The van der Waals surface area contributed by atoms with Gasteiger partial charge in [-0.15, -0.1) is 10.2 Å². The van der Waals surface area contributed by atoms with Crippen molar-refractivity contribution in [2.24, 2.45) is 15.2 Å². The minimum atomic E-state index is 0.259. The second-order valence-corrected chi connectivity index (χ2v) is 3.23. The summed E-state index contributed by atoms with van der Waals surface area (Å²) in [6, 6.07) is 7.25. The van der Waals surface area contributed by atoms with Crippen molar-refractivity contribution in [2.75, 3.05) is 0 Å². The van der Waals surface area contributed by atoms with Crippen LogP contribution in [0.3, 0.4) is 0 Å². The van der Waals surface area contributed by atoms with Crippen LogP contribution in [0.25, 0.3) is 0 Å². The van der Waals surface area contributed by atoms with E-state index in [0.717, 1.165) is 5.56 Å². The first-order valence-corrected chi connectivity index (χ1v) is 4.35. The molecule has 64 valence electrons. The fourth-order valence-corrected chi connectivity index (χ4v) is 1.29. The summed E-state index contributed by atoms with van der Waals surface area (Å²) in [5, 5.41) is 8.34. The van der Waals surface area contributed by atoms with Crippen LogP contribution < -0.4 is 0 Å². The maximum absolute atomic E-state index is 5.80. The molecule has 5 heteroatoms. The molecule has 1 aromatic rings. The Morgan fingerprint density at radius 3 is 2.69 bits per heavy atom. The van der Waals surface area contributed by atoms with Crippen molar-refractivity contribution in [1.29, 1.82) is 0 Å². The highest BCUT2D eigenvalue weighted by Gasteiger charge is 2.09. The Balaban J connectivity index is 2.42. The van der Waals surface area contributed by atoms with E-state index in [1.165, 1.54) is 0 Å². The number of amidine groups is 1. The number of hydrogen-bond donors (Lipinski definition) is 0. The fraction of sp³-hybridized carbons (Fsp3) is 0. The third kappa shape index (κ3) is 1.79. The molecule has 0 N–H and O–H groups in total. The van der Waals surface area contributed by atoms with Gasteiger partial charge in [0.25, 0.3) is 0 Å². The SMILES string of the molecule is S=C1N=NC(c2cccc(Cl)c2)=N1. The molecule has 2 rings (SSSR count). The summed E-state index contributed by atoms with van der Waals surface area (Å²) in [5.74, 6) is 0.521. The molecule has 0 amide bonds. The van der Waals surface area contributed by atoms with Crippen LogP contribution in [0, 0.1) is 0 Å². The van der Waals surface area contributed by atoms with Crippen molar-refractivity contribution in [3.8, 4) is 0 Å². The molecular weight excluding hydrogens is 206 g/mol. The van der Waals surface area contributed by atoms with Crippen molar-refractivity contribution in [2.45, 2.75) is 0 Å². The predicted molar refractivity (Wildman–Crippen MR) is 55.4 cm³/mol. The number of azo groups is 1. The number of rotatable bonds is 1. The molecule has 13 heavy (non-hydrogen) atoms. The quantitative estimate of drug-likeness (QED) is 0.656. The zero-order chi connectivity index (χ0) is 9.26. The van der Waals surface area contributed by atoms with E-state index in [1.807, 2.05) is 12.1 Å². The van der Waals surface area contributed by atoms with E-state index in [4.69, 9.17) is 23.8 Å². The number of hydrogen-bond acceptors (Lipinski definition) is 2. The lowest BCUT2D eigenvalue weighted by molar-refractivity contribution is 1.40. The fourth-order valence-electron chi connectivity index (χ4n) is 0.975. The van der Waals surface area contributed by atoms with Crippen LogP contribution in [0.2, 0.25) is 5.02 Å². The Kier molecular flexibility index (Phi) is 2.16. The van der Waals surface area contributed by atoms with Crippen molar-refractivity contribution in [1.82, 2.24) is 0 Å². The molecule has 0 saturated heterocycles. The van der Waals surface area contributed by atoms with E-state index in [-0.39, 0.29) is 5.11 Å². The zero-order valence-corrected chi connectivity index (χ0v) is 8.01. The van der Waals surface area contributed by atoms with Gasteiger partial charge in [0.05, 0.1) is 0 Å². The third-order valence-electron chi connectivity index (χ3n) is 1.51. The van der Waals surface area contributed by atoms with Gasteiger partial charge in [-0.1, -0.05) is 23.7 Å². The summed E-state index contributed by atoms with van der Waals surface area (Å²) < 4.78 is 0. The van der Waals surface area contributed by atoms with Gasteiger partial charge < -0.3 is 0 Å². The largest absolute Gasteiger partial charge is 0.242 e. The Morgan fingerprint density at radius 2 is 2.08 bits per heavy atom. The van der Waals surface area contributed by atoms with Gasteiger partial charge in [0.2, 0.25) is 5.11 Å². The Bertz CT molecular complexity index is 425. The highest BCUT2D eigenvalue weighted by atomic mass is 35.5.